The van der Waals surface area contributed by atoms with Crippen molar-refractivity contribution in [2.24, 2.45) is 5.92 Å². The molecule has 0 N–H and O–H groups in total. The number of amides is 1. The van der Waals surface area contributed by atoms with Gasteiger partial charge in [0.2, 0.25) is 6.09 Å². The minimum atomic E-state index is -0.409. The molecular formula is C6H10NO2W-. The SMILES string of the molecule is CC(C)[C@H]1C[N-]C(=O)O1.[W]. The summed E-state index contributed by atoms with van der Waals surface area (Å²) >= 11 is 0. The fourth-order valence-corrected chi connectivity index (χ4v) is 0.715. The van der Waals surface area contributed by atoms with Gasteiger partial charge in [0.1, 0.15) is 0 Å². The first-order chi connectivity index (χ1) is 4.20. The Hall–Kier alpha value is -0.0417. The van der Waals surface area contributed by atoms with Gasteiger partial charge in [-0.05, 0) is 5.92 Å². The van der Waals surface area contributed by atoms with Gasteiger partial charge < -0.3 is 10.1 Å². The first-order valence-corrected chi connectivity index (χ1v) is 3.08. The van der Waals surface area contributed by atoms with E-state index < -0.39 is 6.09 Å². The minimum Gasteiger partial charge on any atom is -0.614 e. The van der Waals surface area contributed by atoms with Gasteiger partial charge in [0.15, 0.2) is 0 Å². The third-order valence-corrected chi connectivity index (χ3v) is 1.40. The molecule has 58 valence electrons. The van der Waals surface area contributed by atoms with Crippen LogP contribution in [0.5, 0.6) is 0 Å². The summed E-state index contributed by atoms with van der Waals surface area (Å²) in [7, 11) is 0. The molecule has 1 aliphatic rings. The first-order valence-electron chi connectivity index (χ1n) is 3.08. The maximum absolute atomic E-state index is 10.4. The van der Waals surface area contributed by atoms with Crippen molar-refractivity contribution in [3.8, 4) is 0 Å². The largest absolute Gasteiger partial charge is 0.614 e. The minimum absolute atomic E-state index is 0. The van der Waals surface area contributed by atoms with Crippen LogP contribution >= 0.6 is 0 Å². The molecule has 1 atom stereocenters. The average molecular weight is 312 g/mol. The number of hydrogen-bond donors (Lipinski definition) is 0. The molecule has 0 aromatic carbocycles. The second kappa shape index (κ2) is 3.97. The Morgan fingerprint density at radius 1 is 1.70 bits per heavy atom. The molecular weight excluding hydrogens is 302 g/mol. The standard InChI is InChI=1S/C6H11NO2.W/c1-4(2)5-3-7-6(8)9-5;/h4-5H,3H2,1-2H3,(H,7,8);/p-1/t5-;/m1./s1. The third kappa shape index (κ3) is 2.29. The molecule has 1 rings (SSSR count). The molecule has 3 nitrogen and oxygen atoms in total. The van der Waals surface area contributed by atoms with E-state index in [1.54, 1.807) is 0 Å². The maximum atomic E-state index is 10.4. The Labute approximate surface area is 74.8 Å². The molecule has 1 fully saturated rings. The van der Waals surface area contributed by atoms with E-state index >= 15 is 0 Å². The van der Waals surface area contributed by atoms with Crippen molar-refractivity contribution in [2.45, 2.75) is 20.0 Å². The number of carbonyl (C=O) groups excluding carboxylic acids is 1. The molecule has 1 amide bonds. The van der Waals surface area contributed by atoms with Gasteiger partial charge >= 0.3 is 0 Å². The zero-order valence-electron chi connectivity index (χ0n) is 6.03. The Balaban J connectivity index is 0.000000810. The number of hydrogen-bond acceptors (Lipinski definition) is 2. The summed E-state index contributed by atoms with van der Waals surface area (Å²) in [4.78, 5) is 10.4. The molecule has 0 bridgehead atoms. The molecule has 0 unspecified atom stereocenters. The quantitative estimate of drug-likeness (QED) is 0.737. The molecule has 1 saturated heterocycles. The summed E-state index contributed by atoms with van der Waals surface area (Å²) < 4.78 is 4.82. The van der Waals surface area contributed by atoms with E-state index in [0.717, 1.165) is 0 Å². The molecule has 0 radical (unpaired) electrons. The van der Waals surface area contributed by atoms with Crippen LogP contribution in [-0.4, -0.2) is 18.7 Å². The van der Waals surface area contributed by atoms with Gasteiger partial charge in [-0.15, -0.1) is 0 Å². The van der Waals surface area contributed by atoms with Crippen molar-refractivity contribution < 1.29 is 30.6 Å². The zero-order valence-corrected chi connectivity index (χ0v) is 8.97. The van der Waals surface area contributed by atoms with E-state index in [9.17, 15) is 4.79 Å². The Bertz CT molecular complexity index is 127. The van der Waals surface area contributed by atoms with Crippen LogP contribution in [0, 0.1) is 5.92 Å². The van der Waals surface area contributed by atoms with Crippen molar-refractivity contribution in [3.05, 3.63) is 5.32 Å². The zero-order chi connectivity index (χ0) is 6.85. The summed E-state index contributed by atoms with van der Waals surface area (Å²) in [6, 6.07) is 0. The van der Waals surface area contributed by atoms with Crippen LogP contribution in [0.2, 0.25) is 0 Å². The molecule has 0 saturated carbocycles. The van der Waals surface area contributed by atoms with Crippen LogP contribution in [0.1, 0.15) is 13.8 Å². The number of carbonyl (C=O) groups is 1. The van der Waals surface area contributed by atoms with E-state index in [-0.39, 0.29) is 27.2 Å². The summed E-state index contributed by atoms with van der Waals surface area (Å²) in [5, 5.41) is 3.58. The number of ether oxygens (including phenoxy) is 1. The van der Waals surface area contributed by atoms with Gasteiger partial charge in [0.05, 0.1) is 6.10 Å². The Morgan fingerprint density at radius 2 is 2.30 bits per heavy atom. The summed E-state index contributed by atoms with van der Waals surface area (Å²) in [5.41, 5.74) is 0. The summed E-state index contributed by atoms with van der Waals surface area (Å²) in [5.74, 6) is 0.389. The van der Waals surface area contributed by atoms with Crippen LogP contribution in [0.4, 0.5) is 4.79 Å². The fourth-order valence-electron chi connectivity index (χ4n) is 0.715. The van der Waals surface area contributed by atoms with Crippen molar-refractivity contribution in [1.29, 1.82) is 0 Å². The van der Waals surface area contributed by atoms with Gasteiger partial charge in [0, 0.05) is 21.1 Å². The topological polar surface area (TPSA) is 40.4 Å². The number of nitrogens with zero attached hydrogens (tertiary/aromatic N) is 1. The summed E-state index contributed by atoms with van der Waals surface area (Å²) in [6.45, 7) is 4.56. The van der Waals surface area contributed by atoms with E-state index in [1.807, 2.05) is 13.8 Å². The smallest absolute Gasteiger partial charge is 0.229 e. The monoisotopic (exact) mass is 312 g/mol. The van der Waals surface area contributed by atoms with E-state index in [4.69, 9.17) is 4.74 Å². The first kappa shape index (κ1) is 9.96. The molecule has 0 spiro atoms. The van der Waals surface area contributed by atoms with Gasteiger partial charge in [-0.3, -0.25) is 4.79 Å². The van der Waals surface area contributed by atoms with E-state index in [0.29, 0.717) is 12.5 Å². The number of cyclic esters (lactones) is 1. The Kier molecular flexibility index (Phi) is 3.95. The normalized spacial score (nSPS) is 23.5. The van der Waals surface area contributed by atoms with Crippen LogP contribution in [-0.2, 0) is 25.8 Å². The Morgan fingerprint density at radius 3 is 2.50 bits per heavy atom. The van der Waals surface area contributed by atoms with Crippen molar-refractivity contribution in [2.75, 3.05) is 6.54 Å². The van der Waals surface area contributed by atoms with Gasteiger partial charge in [-0.2, -0.15) is 0 Å². The van der Waals surface area contributed by atoms with Crippen molar-refractivity contribution in [1.82, 2.24) is 0 Å². The molecule has 1 heterocycles. The van der Waals surface area contributed by atoms with Gasteiger partial charge in [0.25, 0.3) is 0 Å². The molecule has 10 heavy (non-hydrogen) atoms. The van der Waals surface area contributed by atoms with Crippen molar-refractivity contribution >= 4 is 6.09 Å². The van der Waals surface area contributed by atoms with Crippen molar-refractivity contribution in [3.63, 3.8) is 0 Å². The average Bonchev–Trinajstić information content (AvgIpc) is 2.14. The predicted molar refractivity (Wildman–Crippen MR) is 33.3 cm³/mol. The van der Waals surface area contributed by atoms with Crippen LogP contribution in [0.3, 0.4) is 0 Å². The molecule has 0 aromatic rings. The molecule has 0 aliphatic carbocycles. The molecule has 4 heteroatoms. The second-order valence-corrected chi connectivity index (χ2v) is 2.51. The predicted octanol–water partition coefficient (Wildman–Crippen LogP) is 1.53. The summed E-state index contributed by atoms with van der Waals surface area (Å²) in [6.07, 6.45) is -0.383. The molecule has 1 aliphatic heterocycles. The van der Waals surface area contributed by atoms with Crippen LogP contribution in [0.15, 0.2) is 0 Å². The number of rotatable bonds is 1. The van der Waals surface area contributed by atoms with E-state index in [1.165, 1.54) is 0 Å². The van der Waals surface area contributed by atoms with E-state index in [2.05, 4.69) is 5.32 Å². The maximum Gasteiger partial charge on any atom is 0.229 e. The second-order valence-electron chi connectivity index (χ2n) is 2.51. The fraction of sp³-hybridized carbons (Fsp3) is 0.833. The van der Waals surface area contributed by atoms with Gasteiger partial charge in [-0.25, -0.2) is 0 Å². The molecule has 0 aromatic heterocycles. The third-order valence-electron chi connectivity index (χ3n) is 1.40. The van der Waals surface area contributed by atoms with Crippen LogP contribution < -0.4 is 0 Å². The van der Waals surface area contributed by atoms with Crippen LogP contribution in [0.25, 0.3) is 5.32 Å². The van der Waals surface area contributed by atoms with Gasteiger partial charge in [-0.1, -0.05) is 20.4 Å².